The van der Waals surface area contributed by atoms with Gasteiger partial charge in [0.2, 0.25) is 0 Å². The molecule has 0 aliphatic heterocycles. The molecule has 0 bridgehead atoms. The van der Waals surface area contributed by atoms with Gasteiger partial charge in [-0.25, -0.2) is 19.1 Å². The summed E-state index contributed by atoms with van der Waals surface area (Å²) in [7, 11) is 0. The highest BCUT2D eigenvalue weighted by atomic mass is 32.1. The summed E-state index contributed by atoms with van der Waals surface area (Å²) in [6.45, 7) is 6.80. The van der Waals surface area contributed by atoms with Crippen LogP contribution in [0.1, 0.15) is 67.4 Å². The molecule has 0 aromatic carbocycles. The first-order valence-corrected chi connectivity index (χ1v) is 13.5. The first-order valence-electron chi connectivity index (χ1n) is 11.8. The third-order valence-corrected chi connectivity index (χ3v) is 7.97. The van der Waals surface area contributed by atoms with Gasteiger partial charge in [0.15, 0.2) is 17.0 Å². The minimum absolute atomic E-state index is 0.0218. The largest absolute Gasteiger partial charge is 0.462 e. The third-order valence-electron chi connectivity index (χ3n) is 5.53. The summed E-state index contributed by atoms with van der Waals surface area (Å²) in [4.78, 5) is 44.1. The van der Waals surface area contributed by atoms with Gasteiger partial charge in [-0.1, -0.05) is 6.92 Å². The Morgan fingerprint density at radius 3 is 2.33 bits per heavy atom. The molecule has 4 heterocycles. The van der Waals surface area contributed by atoms with Gasteiger partial charge < -0.3 is 14.8 Å². The van der Waals surface area contributed by atoms with Crippen molar-refractivity contribution in [2.75, 3.05) is 18.5 Å². The minimum atomic E-state index is -4.78. The van der Waals surface area contributed by atoms with Crippen molar-refractivity contribution in [1.29, 1.82) is 0 Å². The van der Waals surface area contributed by atoms with Gasteiger partial charge >= 0.3 is 18.1 Å². The van der Waals surface area contributed by atoms with E-state index >= 15 is 0 Å². The van der Waals surface area contributed by atoms with Crippen molar-refractivity contribution in [2.45, 2.75) is 40.3 Å². The van der Waals surface area contributed by atoms with E-state index in [-0.39, 0.29) is 51.3 Å². The highest BCUT2D eigenvalue weighted by Crippen LogP contribution is 2.36. The Hall–Kier alpha value is -3.78. The van der Waals surface area contributed by atoms with E-state index in [1.165, 1.54) is 18.3 Å². The molecular formula is C25H23F3N4O5S2. The van der Waals surface area contributed by atoms with Crippen LogP contribution in [0, 0.1) is 6.92 Å². The molecule has 0 unspecified atom stereocenters. The zero-order chi connectivity index (χ0) is 28.5. The van der Waals surface area contributed by atoms with E-state index in [1.54, 1.807) is 19.9 Å². The molecule has 4 aromatic heterocycles. The maximum absolute atomic E-state index is 14.0. The summed E-state index contributed by atoms with van der Waals surface area (Å²) >= 11 is 2.12. The van der Waals surface area contributed by atoms with Crippen molar-refractivity contribution in [3.63, 3.8) is 0 Å². The van der Waals surface area contributed by atoms with E-state index < -0.39 is 29.7 Å². The number of nitrogens with one attached hydrogen (secondary N) is 1. The molecule has 0 aliphatic rings. The van der Waals surface area contributed by atoms with Crippen LogP contribution in [0.3, 0.4) is 0 Å². The van der Waals surface area contributed by atoms with Crippen LogP contribution in [-0.2, 0) is 22.1 Å². The van der Waals surface area contributed by atoms with Gasteiger partial charge in [0, 0.05) is 10.9 Å². The van der Waals surface area contributed by atoms with Gasteiger partial charge in [0.25, 0.3) is 5.91 Å². The van der Waals surface area contributed by atoms with Gasteiger partial charge in [-0.2, -0.15) is 18.3 Å². The fourth-order valence-electron chi connectivity index (χ4n) is 3.73. The van der Waals surface area contributed by atoms with Crippen molar-refractivity contribution in [3.05, 3.63) is 56.5 Å². The first kappa shape index (κ1) is 28.2. The SMILES string of the molecule is CCOC(=O)c1sc(NC(=O)c2cc3nc(-c4ccc(CC)s4)cc(C(F)(F)F)n3n2)c(C(=O)OCC)c1C. The lowest BCUT2D eigenvalue weighted by Gasteiger charge is -2.10. The van der Waals surface area contributed by atoms with Crippen LogP contribution >= 0.6 is 22.7 Å². The van der Waals surface area contributed by atoms with Gasteiger partial charge in [-0.15, -0.1) is 22.7 Å². The highest BCUT2D eigenvalue weighted by Gasteiger charge is 2.36. The fourth-order valence-corrected chi connectivity index (χ4v) is 5.72. The van der Waals surface area contributed by atoms with Crippen LogP contribution in [0.5, 0.6) is 0 Å². The number of carbonyl (C=O) groups is 3. The number of nitrogens with zero attached hydrogens (tertiary/aromatic N) is 3. The number of hydrogen-bond donors (Lipinski definition) is 1. The average molecular weight is 581 g/mol. The summed E-state index contributed by atoms with van der Waals surface area (Å²) in [5.74, 6) is -2.37. The Bertz CT molecular complexity index is 1570. The number of anilines is 1. The molecule has 14 heteroatoms. The van der Waals surface area contributed by atoms with Gasteiger partial charge in [-0.3, -0.25) is 4.79 Å². The van der Waals surface area contributed by atoms with E-state index in [9.17, 15) is 27.6 Å². The predicted molar refractivity (Wildman–Crippen MR) is 140 cm³/mol. The monoisotopic (exact) mass is 580 g/mol. The number of fused-ring (bicyclic) bond motifs is 1. The number of rotatable bonds is 8. The summed E-state index contributed by atoms with van der Waals surface area (Å²) in [6, 6.07) is 5.53. The molecule has 0 radical (unpaired) electrons. The van der Waals surface area contributed by atoms with Crippen molar-refractivity contribution >= 4 is 51.2 Å². The molecule has 1 amide bonds. The van der Waals surface area contributed by atoms with Gasteiger partial charge in [0.1, 0.15) is 9.88 Å². The normalized spacial score (nSPS) is 11.6. The smallest absolute Gasteiger partial charge is 0.433 e. The molecule has 0 saturated heterocycles. The van der Waals surface area contributed by atoms with Crippen LogP contribution in [0.4, 0.5) is 18.2 Å². The van der Waals surface area contributed by atoms with Crippen LogP contribution in [0.2, 0.25) is 0 Å². The maximum atomic E-state index is 14.0. The number of alkyl halides is 3. The summed E-state index contributed by atoms with van der Waals surface area (Å²) in [5.41, 5.74) is -1.36. The standard InChI is InChI=1S/C25H23F3N4O5S2/c1-5-13-8-9-16(38-13)14-10-17(25(26,27)28)32-18(29-14)11-15(31-32)21(33)30-22-19(23(34)36-6-2)12(4)20(39-22)24(35)37-7-3/h8-11H,5-7H2,1-4H3,(H,30,33). The number of carbonyl (C=O) groups excluding carboxylic acids is 3. The number of aryl methyl sites for hydroxylation is 1. The molecule has 1 N–H and O–H groups in total. The molecular weight excluding hydrogens is 557 g/mol. The van der Waals surface area contributed by atoms with E-state index in [0.717, 1.165) is 34.8 Å². The topological polar surface area (TPSA) is 112 Å². The Kier molecular flexibility index (Phi) is 8.07. The minimum Gasteiger partial charge on any atom is -0.462 e. The first-order chi connectivity index (χ1) is 18.5. The molecule has 0 fully saturated rings. The molecule has 0 aliphatic carbocycles. The van der Waals surface area contributed by atoms with Gasteiger partial charge in [-0.05, 0) is 51.0 Å². The fraction of sp³-hybridized carbons (Fsp3) is 0.320. The molecule has 0 saturated carbocycles. The van der Waals surface area contributed by atoms with E-state index in [4.69, 9.17) is 9.47 Å². The third kappa shape index (κ3) is 5.66. The van der Waals surface area contributed by atoms with E-state index in [1.807, 2.05) is 13.0 Å². The van der Waals surface area contributed by atoms with Gasteiger partial charge in [0.05, 0.1) is 29.3 Å². The lowest BCUT2D eigenvalue weighted by Crippen LogP contribution is -2.17. The van der Waals surface area contributed by atoms with E-state index in [2.05, 4.69) is 15.4 Å². The zero-order valence-electron chi connectivity index (χ0n) is 21.3. The molecule has 0 spiro atoms. The van der Waals surface area contributed by atoms with Crippen LogP contribution in [-0.4, -0.2) is 45.7 Å². The van der Waals surface area contributed by atoms with Crippen molar-refractivity contribution in [3.8, 4) is 10.6 Å². The highest BCUT2D eigenvalue weighted by molar-refractivity contribution is 7.18. The van der Waals surface area contributed by atoms with Crippen LogP contribution < -0.4 is 5.32 Å². The number of esters is 2. The Morgan fingerprint density at radius 1 is 1.03 bits per heavy atom. The number of halogens is 3. The average Bonchev–Trinajstić information content (AvgIpc) is 3.60. The summed E-state index contributed by atoms with van der Waals surface area (Å²) in [6.07, 6.45) is -4.05. The lowest BCUT2D eigenvalue weighted by atomic mass is 10.1. The molecule has 4 rings (SSSR count). The second kappa shape index (κ2) is 11.1. The van der Waals surface area contributed by atoms with Crippen LogP contribution in [0.15, 0.2) is 24.3 Å². The summed E-state index contributed by atoms with van der Waals surface area (Å²) in [5, 5.41) is 6.33. The van der Waals surface area contributed by atoms with Crippen LogP contribution in [0.25, 0.3) is 16.2 Å². The van der Waals surface area contributed by atoms with E-state index in [0.29, 0.717) is 9.39 Å². The van der Waals surface area contributed by atoms with Crippen molar-refractivity contribution in [1.82, 2.24) is 14.6 Å². The Labute approximate surface area is 228 Å². The molecule has 206 valence electrons. The zero-order valence-corrected chi connectivity index (χ0v) is 22.9. The van der Waals surface area contributed by atoms with Crippen molar-refractivity contribution in [2.24, 2.45) is 0 Å². The molecule has 0 atom stereocenters. The Morgan fingerprint density at radius 2 is 1.72 bits per heavy atom. The molecule has 9 nitrogen and oxygen atoms in total. The van der Waals surface area contributed by atoms with Crippen molar-refractivity contribution < 1.29 is 37.0 Å². The predicted octanol–water partition coefficient (Wildman–Crippen LogP) is 6.01. The number of aromatic nitrogens is 3. The second-order valence-electron chi connectivity index (χ2n) is 8.10. The lowest BCUT2D eigenvalue weighted by molar-refractivity contribution is -0.142. The number of hydrogen-bond acceptors (Lipinski definition) is 9. The quantitative estimate of drug-likeness (QED) is 0.254. The molecule has 4 aromatic rings. The number of amides is 1. The number of thiophene rings is 2. The maximum Gasteiger partial charge on any atom is 0.433 e. The Balaban J connectivity index is 1.76. The summed E-state index contributed by atoms with van der Waals surface area (Å²) < 4.78 is 52.5. The number of ether oxygens (including phenoxy) is 2. The molecule has 39 heavy (non-hydrogen) atoms. The second-order valence-corrected chi connectivity index (χ2v) is 10.3.